The molecule has 3 heterocycles. The number of nitrogens with zero attached hydrogens (tertiary/aromatic N) is 3. The van der Waals surface area contributed by atoms with Gasteiger partial charge in [0.2, 0.25) is 0 Å². The van der Waals surface area contributed by atoms with Crippen molar-refractivity contribution in [2.24, 2.45) is 5.73 Å². The van der Waals surface area contributed by atoms with Crippen LogP contribution in [0.5, 0.6) is 0 Å². The lowest BCUT2D eigenvalue weighted by atomic mass is 10.1. The largest absolute Gasteiger partial charge is 0.353 e. The first-order chi connectivity index (χ1) is 8.65. The molecule has 18 heavy (non-hydrogen) atoms. The first-order valence-corrected chi connectivity index (χ1v) is 6.63. The molecule has 0 spiro atoms. The Morgan fingerprint density at radius 3 is 2.94 bits per heavy atom. The molecule has 1 aliphatic heterocycles. The van der Waals surface area contributed by atoms with Crippen LogP contribution in [0.3, 0.4) is 0 Å². The van der Waals surface area contributed by atoms with E-state index < -0.39 is 0 Å². The second-order valence-corrected chi connectivity index (χ2v) is 5.44. The Morgan fingerprint density at radius 2 is 2.28 bits per heavy atom. The van der Waals surface area contributed by atoms with Crippen molar-refractivity contribution in [2.45, 2.75) is 32.2 Å². The molecular weight excluding hydrogens is 224 g/mol. The molecule has 0 saturated carbocycles. The number of rotatable bonds is 2. The van der Waals surface area contributed by atoms with Crippen LogP contribution < -0.4 is 10.6 Å². The quantitative estimate of drug-likeness (QED) is 0.879. The summed E-state index contributed by atoms with van der Waals surface area (Å²) < 4.78 is 2.17. The predicted molar refractivity (Wildman–Crippen MR) is 74.1 cm³/mol. The van der Waals surface area contributed by atoms with Gasteiger partial charge in [-0.2, -0.15) is 0 Å². The summed E-state index contributed by atoms with van der Waals surface area (Å²) in [6.07, 6.45) is 5.27. The molecule has 2 aromatic rings. The van der Waals surface area contributed by atoms with Gasteiger partial charge >= 0.3 is 0 Å². The monoisotopic (exact) mass is 244 g/mol. The van der Waals surface area contributed by atoms with E-state index in [-0.39, 0.29) is 6.04 Å². The third kappa shape index (κ3) is 1.86. The maximum Gasteiger partial charge on any atom is 0.153 e. The second-order valence-electron chi connectivity index (χ2n) is 5.44. The molecule has 0 aromatic carbocycles. The Labute approximate surface area is 107 Å². The Balaban J connectivity index is 2.10. The van der Waals surface area contributed by atoms with Crippen LogP contribution in [0.2, 0.25) is 0 Å². The van der Waals surface area contributed by atoms with Gasteiger partial charge in [0.05, 0.1) is 11.2 Å². The van der Waals surface area contributed by atoms with Gasteiger partial charge in [0.1, 0.15) is 0 Å². The van der Waals surface area contributed by atoms with Crippen molar-refractivity contribution in [2.75, 3.05) is 18.0 Å². The number of hydrogen-bond acceptors (Lipinski definition) is 3. The van der Waals surface area contributed by atoms with Crippen molar-refractivity contribution in [3.8, 4) is 0 Å². The number of hydrogen-bond donors (Lipinski definition) is 1. The van der Waals surface area contributed by atoms with Gasteiger partial charge in [-0.3, -0.25) is 0 Å². The number of anilines is 1. The zero-order chi connectivity index (χ0) is 12.7. The average molecular weight is 244 g/mol. The van der Waals surface area contributed by atoms with Crippen LogP contribution >= 0.6 is 0 Å². The van der Waals surface area contributed by atoms with E-state index in [1.54, 1.807) is 0 Å². The fraction of sp³-hybridized carbons (Fsp3) is 0.500. The summed E-state index contributed by atoms with van der Waals surface area (Å²) in [4.78, 5) is 7.15. The SMILES string of the molecule is CC(C)c1cn2cccc2c(N2CC[C@H](N)C2)n1. The van der Waals surface area contributed by atoms with Gasteiger partial charge in [-0.05, 0) is 24.5 Å². The van der Waals surface area contributed by atoms with E-state index in [2.05, 4.69) is 47.7 Å². The van der Waals surface area contributed by atoms with E-state index in [0.29, 0.717) is 5.92 Å². The van der Waals surface area contributed by atoms with Crippen LogP contribution in [0.1, 0.15) is 31.9 Å². The molecule has 96 valence electrons. The molecule has 1 atom stereocenters. The van der Waals surface area contributed by atoms with E-state index in [1.165, 1.54) is 5.52 Å². The molecular formula is C14H20N4. The fourth-order valence-corrected chi connectivity index (χ4v) is 2.54. The first-order valence-electron chi connectivity index (χ1n) is 6.63. The van der Waals surface area contributed by atoms with E-state index >= 15 is 0 Å². The Bertz CT molecular complexity index is 558. The third-order valence-electron chi connectivity index (χ3n) is 3.63. The molecule has 2 N–H and O–H groups in total. The molecule has 0 bridgehead atoms. The van der Waals surface area contributed by atoms with Gasteiger partial charge in [-0.1, -0.05) is 13.8 Å². The number of fused-ring (bicyclic) bond motifs is 1. The Hall–Kier alpha value is -1.55. The minimum Gasteiger partial charge on any atom is -0.353 e. The highest BCUT2D eigenvalue weighted by atomic mass is 15.2. The molecule has 1 aliphatic rings. The fourth-order valence-electron chi connectivity index (χ4n) is 2.54. The smallest absolute Gasteiger partial charge is 0.153 e. The van der Waals surface area contributed by atoms with Crippen molar-refractivity contribution in [3.05, 3.63) is 30.2 Å². The molecule has 1 fully saturated rings. The van der Waals surface area contributed by atoms with Crippen molar-refractivity contribution in [1.82, 2.24) is 9.38 Å². The average Bonchev–Trinajstić information content (AvgIpc) is 2.95. The molecule has 4 nitrogen and oxygen atoms in total. The van der Waals surface area contributed by atoms with Crippen molar-refractivity contribution >= 4 is 11.3 Å². The molecule has 0 radical (unpaired) electrons. The van der Waals surface area contributed by atoms with Crippen molar-refractivity contribution < 1.29 is 0 Å². The normalized spacial score (nSPS) is 20.2. The van der Waals surface area contributed by atoms with E-state index in [9.17, 15) is 0 Å². The first kappa shape index (κ1) is 11.5. The number of nitrogens with two attached hydrogens (primary N) is 1. The van der Waals surface area contributed by atoms with Gasteiger partial charge in [0.25, 0.3) is 0 Å². The minimum absolute atomic E-state index is 0.282. The molecule has 0 aliphatic carbocycles. The molecule has 4 heteroatoms. The lowest BCUT2D eigenvalue weighted by Gasteiger charge is -2.20. The van der Waals surface area contributed by atoms with Crippen molar-refractivity contribution in [1.29, 1.82) is 0 Å². The van der Waals surface area contributed by atoms with E-state index in [0.717, 1.165) is 31.0 Å². The highest BCUT2D eigenvalue weighted by molar-refractivity contribution is 5.70. The maximum absolute atomic E-state index is 6.00. The van der Waals surface area contributed by atoms with Crippen LogP contribution in [-0.2, 0) is 0 Å². The summed E-state index contributed by atoms with van der Waals surface area (Å²) in [7, 11) is 0. The molecule has 2 aromatic heterocycles. The summed E-state index contributed by atoms with van der Waals surface area (Å²) in [5, 5.41) is 0. The van der Waals surface area contributed by atoms with Crippen LogP contribution in [0.4, 0.5) is 5.82 Å². The minimum atomic E-state index is 0.282. The van der Waals surface area contributed by atoms with Gasteiger partial charge in [0, 0.05) is 31.5 Å². The van der Waals surface area contributed by atoms with E-state index in [1.807, 2.05) is 0 Å². The van der Waals surface area contributed by atoms with Gasteiger partial charge in [0.15, 0.2) is 5.82 Å². The third-order valence-corrected chi connectivity index (χ3v) is 3.63. The highest BCUT2D eigenvalue weighted by Gasteiger charge is 2.23. The van der Waals surface area contributed by atoms with E-state index in [4.69, 9.17) is 10.7 Å². The molecule has 3 rings (SSSR count). The molecule has 0 unspecified atom stereocenters. The lowest BCUT2D eigenvalue weighted by molar-refractivity contribution is 0.750. The summed E-state index contributed by atoms with van der Waals surface area (Å²) >= 11 is 0. The van der Waals surface area contributed by atoms with Crippen LogP contribution in [0.15, 0.2) is 24.5 Å². The summed E-state index contributed by atoms with van der Waals surface area (Å²) in [6, 6.07) is 4.47. The molecule has 0 amide bonds. The zero-order valence-corrected chi connectivity index (χ0v) is 11.0. The highest BCUT2D eigenvalue weighted by Crippen LogP contribution is 2.26. The van der Waals surface area contributed by atoms with Crippen LogP contribution in [0.25, 0.3) is 5.52 Å². The van der Waals surface area contributed by atoms with Gasteiger partial charge in [-0.25, -0.2) is 4.98 Å². The van der Waals surface area contributed by atoms with Crippen LogP contribution in [0, 0.1) is 0 Å². The Kier molecular flexibility index (Phi) is 2.74. The standard InChI is InChI=1S/C14H20N4/c1-10(2)12-9-17-6-3-4-13(17)14(16-12)18-7-5-11(15)8-18/h3-4,6,9-11H,5,7-8,15H2,1-2H3/t11-/m0/s1. The van der Waals surface area contributed by atoms with Crippen LogP contribution in [-0.4, -0.2) is 28.5 Å². The van der Waals surface area contributed by atoms with Gasteiger partial charge < -0.3 is 15.0 Å². The predicted octanol–water partition coefficient (Wildman–Crippen LogP) is 2.00. The lowest BCUT2D eigenvalue weighted by Crippen LogP contribution is -2.27. The summed E-state index contributed by atoms with van der Waals surface area (Å²) in [5.41, 5.74) is 8.31. The topological polar surface area (TPSA) is 46.6 Å². The maximum atomic E-state index is 6.00. The molecule has 1 saturated heterocycles. The number of aromatic nitrogens is 2. The van der Waals surface area contributed by atoms with Crippen molar-refractivity contribution in [3.63, 3.8) is 0 Å². The second kappa shape index (κ2) is 4.28. The Morgan fingerprint density at radius 1 is 1.44 bits per heavy atom. The van der Waals surface area contributed by atoms with Gasteiger partial charge in [-0.15, -0.1) is 0 Å². The summed E-state index contributed by atoms with van der Waals surface area (Å²) in [6.45, 7) is 6.28. The summed E-state index contributed by atoms with van der Waals surface area (Å²) in [5.74, 6) is 1.52. The zero-order valence-electron chi connectivity index (χ0n) is 11.0.